The Kier molecular flexibility index (Phi) is 4.15. The fourth-order valence-corrected chi connectivity index (χ4v) is 2.78. The van der Waals surface area contributed by atoms with Crippen LogP contribution in [0.25, 0.3) is 0 Å². The molecule has 3 heteroatoms. The van der Waals surface area contributed by atoms with Gasteiger partial charge in [-0.15, -0.1) is 0 Å². The van der Waals surface area contributed by atoms with Gasteiger partial charge >= 0.3 is 0 Å². The third-order valence-corrected chi connectivity index (χ3v) is 3.26. The Morgan fingerprint density at radius 2 is 1.80 bits per heavy atom. The lowest BCUT2D eigenvalue weighted by Gasteiger charge is -2.34. The lowest BCUT2D eigenvalue weighted by molar-refractivity contribution is 0.0188. The average Bonchev–Trinajstić information content (AvgIpc) is 2.50. The van der Waals surface area contributed by atoms with Crippen LogP contribution in [0.3, 0.4) is 0 Å². The first-order valence-electron chi connectivity index (χ1n) is 5.89. The maximum atomic E-state index is 9.71. The Morgan fingerprint density at radius 1 is 1.27 bits per heavy atom. The standard InChI is InChI=1S/C12H25NO2/c1-11(2,15)8-13(3)9-12(10-14)6-4-5-7-12/h14-15H,4-10H2,1-3H3. The molecule has 2 N–H and O–H groups in total. The molecule has 0 aromatic rings. The van der Waals surface area contributed by atoms with E-state index in [2.05, 4.69) is 4.90 Å². The topological polar surface area (TPSA) is 43.7 Å². The van der Waals surface area contributed by atoms with Crippen molar-refractivity contribution >= 4 is 0 Å². The first kappa shape index (κ1) is 12.9. The molecule has 0 aliphatic heterocycles. The van der Waals surface area contributed by atoms with Crippen LogP contribution in [0, 0.1) is 5.41 Å². The molecule has 0 atom stereocenters. The summed E-state index contributed by atoms with van der Waals surface area (Å²) in [5.74, 6) is 0. The molecule has 0 aromatic carbocycles. The summed E-state index contributed by atoms with van der Waals surface area (Å²) in [6, 6.07) is 0. The van der Waals surface area contributed by atoms with Crippen LogP contribution in [0.1, 0.15) is 39.5 Å². The largest absolute Gasteiger partial charge is 0.396 e. The van der Waals surface area contributed by atoms with Gasteiger partial charge in [-0.2, -0.15) is 0 Å². The third kappa shape index (κ3) is 4.09. The number of aliphatic hydroxyl groups is 2. The van der Waals surface area contributed by atoms with Gasteiger partial charge in [-0.25, -0.2) is 0 Å². The molecular weight excluding hydrogens is 190 g/mol. The molecule has 15 heavy (non-hydrogen) atoms. The van der Waals surface area contributed by atoms with Crippen molar-refractivity contribution in [2.24, 2.45) is 5.41 Å². The second-order valence-corrected chi connectivity index (χ2v) is 5.85. The van der Waals surface area contributed by atoms with E-state index >= 15 is 0 Å². The van der Waals surface area contributed by atoms with Crippen LogP contribution in [0.4, 0.5) is 0 Å². The van der Waals surface area contributed by atoms with E-state index in [9.17, 15) is 10.2 Å². The normalized spacial score (nSPS) is 21.2. The van der Waals surface area contributed by atoms with E-state index in [4.69, 9.17) is 0 Å². The van der Waals surface area contributed by atoms with Crippen LogP contribution < -0.4 is 0 Å². The molecule has 0 radical (unpaired) electrons. The smallest absolute Gasteiger partial charge is 0.0718 e. The Morgan fingerprint density at radius 3 is 2.20 bits per heavy atom. The Labute approximate surface area is 93.1 Å². The molecule has 0 heterocycles. The van der Waals surface area contributed by atoms with Crippen molar-refractivity contribution in [2.75, 3.05) is 26.7 Å². The highest BCUT2D eigenvalue weighted by Gasteiger charge is 2.34. The Bertz CT molecular complexity index is 192. The van der Waals surface area contributed by atoms with E-state index in [0.717, 1.165) is 19.4 Å². The molecule has 0 aromatic heterocycles. The van der Waals surface area contributed by atoms with Gasteiger partial charge < -0.3 is 15.1 Å². The van der Waals surface area contributed by atoms with Crippen LogP contribution in [0.2, 0.25) is 0 Å². The van der Waals surface area contributed by atoms with Crippen LogP contribution in [0.5, 0.6) is 0 Å². The summed E-state index contributed by atoms with van der Waals surface area (Å²) in [6.45, 7) is 5.49. The van der Waals surface area contributed by atoms with Crippen molar-refractivity contribution in [1.82, 2.24) is 4.90 Å². The molecule has 1 fully saturated rings. The monoisotopic (exact) mass is 215 g/mol. The number of hydrogen-bond acceptors (Lipinski definition) is 3. The summed E-state index contributed by atoms with van der Waals surface area (Å²) < 4.78 is 0. The fraction of sp³-hybridized carbons (Fsp3) is 1.00. The first-order valence-corrected chi connectivity index (χ1v) is 5.89. The molecule has 0 saturated heterocycles. The molecule has 90 valence electrons. The van der Waals surface area contributed by atoms with Crippen molar-refractivity contribution < 1.29 is 10.2 Å². The van der Waals surface area contributed by atoms with Crippen LogP contribution in [0.15, 0.2) is 0 Å². The van der Waals surface area contributed by atoms with Gasteiger partial charge in [-0.3, -0.25) is 0 Å². The molecule has 1 aliphatic carbocycles. The number of hydrogen-bond donors (Lipinski definition) is 2. The maximum absolute atomic E-state index is 9.71. The zero-order valence-corrected chi connectivity index (χ0v) is 10.3. The minimum Gasteiger partial charge on any atom is -0.396 e. The molecule has 0 spiro atoms. The second-order valence-electron chi connectivity index (χ2n) is 5.85. The summed E-state index contributed by atoms with van der Waals surface area (Å²) in [7, 11) is 2.02. The number of likely N-dealkylation sites (N-methyl/N-ethyl adjacent to an activating group) is 1. The highest BCUT2D eigenvalue weighted by Crippen LogP contribution is 2.38. The predicted octanol–water partition coefficient (Wildman–Crippen LogP) is 1.24. The Balaban J connectivity index is 2.45. The highest BCUT2D eigenvalue weighted by molar-refractivity contribution is 4.87. The first-order chi connectivity index (χ1) is 6.87. The molecule has 1 aliphatic rings. The van der Waals surface area contributed by atoms with Gasteiger partial charge in [0.25, 0.3) is 0 Å². The predicted molar refractivity (Wildman–Crippen MR) is 61.8 cm³/mol. The molecule has 0 unspecified atom stereocenters. The maximum Gasteiger partial charge on any atom is 0.0718 e. The molecule has 0 bridgehead atoms. The lowest BCUT2D eigenvalue weighted by atomic mass is 9.86. The molecule has 3 nitrogen and oxygen atoms in total. The summed E-state index contributed by atoms with van der Waals surface area (Å²) >= 11 is 0. The van der Waals surface area contributed by atoms with Crippen LogP contribution >= 0.6 is 0 Å². The van der Waals surface area contributed by atoms with E-state index in [0.29, 0.717) is 6.54 Å². The van der Waals surface area contributed by atoms with E-state index in [1.165, 1.54) is 12.8 Å². The second kappa shape index (κ2) is 4.81. The van der Waals surface area contributed by atoms with E-state index in [1.54, 1.807) is 0 Å². The van der Waals surface area contributed by atoms with Gasteiger partial charge in [0, 0.05) is 25.1 Å². The molecular formula is C12H25NO2. The van der Waals surface area contributed by atoms with E-state index < -0.39 is 5.60 Å². The van der Waals surface area contributed by atoms with Gasteiger partial charge in [-0.1, -0.05) is 12.8 Å². The van der Waals surface area contributed by atoms with Crippen molar-refractivity contribution in [1.29, 1.82) is 0 Å². The van der Waals surface area contributed by atoms with Gasteiger partial charge in [0.15, 0.2) is 0 Å². The Hall–Kier alpha value is -0.120. The summed E-state index contributed by atoms with van der Waals surface area (Å²) in [5.41, 5.74) is -0.552. The van der Waals surface area contributed by atoms with Crippen molar-refractivity contribution in [2.45, 2.75) is 45.1 Å². The SMILES string of the molecule is CN(CC(C)(C)O)CC1(CO)CCCC1. The van der Waals surface area contributed by atoms with Gasteiger partial charge in [0.05, 0.1) is 5.60 Å². The van der Waals surface area contributed by atoms with E-state index in [-0.39, 0.29) is 12.0 Å². The summed E-state index contributed by atoms with van der Waals surface area (Å²) in [5, 5.41) is 19.2. The van der Waals surface area contributed by atoms with Gasteiger partial charge in [0.1, 0.15) is 0 Å². The van der Waals surface area contributed by atoms with Crippen LogP contribution in [-0.4, -0.2) is 47.5 Å². The molecule has 0 amide bonds. The molecule has 1 saturated carbocycles. The van der Waals surface area contributed by atoms with Gasteiger partial charge in [-0.05, 0) is 33.7 Å². The lowest BCUT2D eigenvalue weighted by Crippen LogP contribution is -2.43. The highest BCUT2D eigenvalue weighted by atomic mass is 16.3. The number of nitrogens with zero attached hydrogens (tertiary/aromatic N) is 1. The minimum atomic E-state index is -0.649. The average molecular weight is 215 g/mol. The fourth-order valence-electron chi connectivity index (χ4n) is 2.78. The van der Waals surface area contributed by atoms with Crippen molar-refractivity contribution in [3.63, 3.8) is 0 Å². The zero-order valence-electron chi connectivity index (χ0n) is 10.3. The quantitative estimate of drug-likeness (QED) is 0.725. The van der Waals surface area contributed by atoms with Crippen LogP contribution in [-0.2, 0) is 0 Å². The minimum absolute atomic E-state index is 0.0972. The summed E-state index contributed by atoms with van der Waals surface area (Å²) in [4.78, 5) is 2.14. The third-order valence-electron chi connectivity index (χ3n) is 3.26. The number of rotatable bonds is 5. The van der Waals surface area contributed by atoms with E-state index in [1.807, 2.05) is 20.9 Å². The number of aliphatic hydroxyl groups excluding tert-OH is 1. The van der Waals surface area contributed by atoms with Gasteiger partial charge in [0.2, 0.25) is 0 Å². The molecule has 1 rings (SSSR count). The zero-order chi connectivity index (χ0) is 11.5. The van der Waals surface area contributed by atoms with Crippen molar-refractivity contribution in [3.05, 3.63) is 0 Å². The summed E-state index contributed by atoms with van der Waals surface area (Å²) in [6.07, 6.45) is 4.72. The van der Waals surface area contributed by atoms with Crippen molar-refractivity contribution in [3.8, 4) is 0 Å².